The van der Waals surface area contributed by atoms with Crippen molar-refractivity contribution < 1.29 is 22.7 Å². The molecule has 25 heavy (non-hydrogen) atoms. The maximum atomic E-state index is 12.4. The van der Waals surface area contributed by atoms with Gasteiger partial charge in [0.05, 0.1) is 17.6 Å². The van der Waals surface area contributed by atoms with Gasteiger partial charge in [0.1, 0.15) is 0 Å². The second kappa shape index (κ2) is 10.5. The number of carbonyl (C=O) groups excluding carboxylic acids is 1. The zero-order valence-corrected chi connectivity index (χ0v) is 16.1. The highest BCUT2D eigenvalue weighted by Crippen LogP contribution is 2.15. The van der Waals surface area contributed by atoms with E-state index in [9.17, 15) is 13.2 Å². The zero-order chi connectivity index (χ0) is 18.9. The van der Waals surface area contributed by atoms with Crippen LogP contribution in [-0.4, -0.2) is 53.8 Å². The van der Waals surface area contributed by atoms with Crippen LogP contribution < -0.4 is 10.0 Å². The molecule has 0 spiro atoms. The summed E-state index contributed by atoms with van der Waals surface area (Å²) in [6, 6.07) is 4.51. The highest BCUT2D eigenvalue weighted by molar-refractivity contribution is 7.89. The second-order valence-electron chi connectivity index (χ2n) is 5.90. The summed E-state index contributed by atoms with van der Waals surface area (Å²) in [7, 11) is -2.13. The summed E-state index contributed by atoms with van der Waals surface area (Å²) in [5.41, 5.74) is 1.04. The monoisotopic (exact) mass is 372 g/mol. The summed E-state index contributed by atoms with van der Waals surface area (Å²) in [5, 5.41) is 2.69. The number of aryl methyl sites for hydroxylation is 1. The molecular formula is C17H28N2O5S. The number of rotatable bonds is 11. The minimum Gasteiger partial charge on any atom is -0.383 e. The Morgan fingerprint density at radius 2 is 1.92 bits per heavy atom. The van der Waals surface area contributed by atoms with Crippen molar-refractivity contribution in [2.75, 3.05) is 33.4 Å². The van der Waals surface area contributed by atoms with E-state index >= 15 is 0 Å². The Balaban J connectivity index is 2.73. The molecule has 1 aromatic rings. The third kappa shape index (κ3) is 7.52. The first-order valence-electron chi connectivity index (χ1n) is 8.27. The van der Waals surface area contributed by atoms with Crippen LogP contribution in [-0.2, 0) is 19.5 Å². The molecule has 142 valence electrons. The van der Waals surface area contributed by atoms with Crippen molar-refractivity contribution in [3.63, 3.8) is 0 Å². The Kier molecular flexibility index (Phi) is 9.05. The third-order valence-electron chi connectivity index (χ3n) is 3.42. The Bertz CT molecular complexity index is 659. The maximum absolute atomic E-state index is 12.4. The highest BCUT2D eigenvalue weighted by atomic mass is 32.2. The van der Waals surface area contributed by atoms with Crippen LogP contribution in [0.4, 0.5) is 0 Å². The first-order valence-corrected chi connectivity index (χ1v) is 9.75. The molecule has 0 saturated heterocycles. The van der Waals surface area contributed by atoms with Crippen LogP contribution in [0, 0.1) is 6.92 Å². The maximum Gasteiger partial charge on any atom is 0.251 e. The molecule has 2 N–H and O–H groups in total. The zero-order valence-electron chi connectivity index (χ0n) is 15.3. The first-order chi connectivity index (χ1) is 11.8. The van der Waals surface area contributed by atoms with Gasteiger partial charge in [0.25, 0.3) is 5.91 Å². The van der Waals surface area contributed by atoms with Crippen molar-refractivity contribution in [3.8, 4) is 0 Å². The Morgan fingerprint density at radius 1 is 1.20 bits per heavy atom. The summed E-state index contributed by atoms with van der Waals surface area (Å²) in [6.45, 7) is 7.13. The van der Waals surface area contributed by atoms with Crippen LogP contribution in [0.25, 0.3) is 0 Å². The molecule has 7 nitrogen and oxygen atoms in total. The Morgan fingerprint density at radius 3 is 2.56 bits per heavy atom. The first kappa shape index (κ1) is 21.6. The number of nitrogens with one attached hydrogen (secondary N) is 2. The van der Waals surface area contributed by atoms with Gasteiger partial charge in [-0.25, -0.2) is 13.1 Å². The summed E-state index contributed by atoms with van der Waals surface area (Å²) in [6.07, 6.45) is 0.695. The smallest absolute Gasteiger partial charge is 0.251 e. The summed E-state index contributed by atoms with van der Waals surface area (Å²) in [5.74, 6) is -0.322. The van der Waals surface area contributed by atoms with Gasteiger partial charge < -0.3 is 14.8 Å². The fourth-order valence-corrected chi connectivity index (χ4v) is 3.16. The fraction of sp³-hybridized carbons (Fsp3) is 0.588. The minimum atomic E-state index is -3.67. The Hall–Kier alpha value is -1.48. The molecule has 8 heteroatoms. The van der Waals surface area contributed by atoms with Crippen LogP contribution in [0.5, 0.6) is 0 Å². The molecule has 1 rings (SSSR count). The molecule has 0 saturated carbocycles. The molecular weight excluding hydrogens is 344 g/mol. The number of carbonyl (C=O) groups is 1. The van der Waals surface area contributed by atoms with Gasteiger partial charge in [0.15, 0.2) is 0 Å². The van der Waals surface area contributed by atoms with Gasteiger partial charge in [-0.2, -0.15) is 0 Å². The van der Waals surface area contributed by atoms with Crippen LogP contribution >= 0.6 is 0 Å². The number of amides is 1. The molecule has 1 aromatic carbocycles. The van der Waals surface area contributed by atoms with E-state index < -0.39 is 10.0 Å². The molecule has 0 aliphatic heterocycles. The molecule has 0 aliphatic carbocycles. The van der Waals surface area contributed by atoms with E-state index in [1.807, 2.05) is 13.8 Å². The van der Waals surface area contributed by atoms with Crippen molar-refractivity contribution >= 4 is 15.9 Å². The molecule has 0 aromatic heterocycles. The predicted octanol–water partition coefficient (Wildman–Crippen LogP) is 1.46. The van der Waals surface area contributed by atoms with E-state index in [0.29, 0.717) is 37.3 Å². The van der Waals surface area contributed by atoms with Gasteiger partial charge in [-0.3, -0.25) is 4.79 Å². The predicted molar refractivity (Wildman–Crippen MR) is 96.3 cm³/mol. The SMILES string of the molecule is COCCNC(=O)c1cc(S(=O)(=O)NCCCOC(C)C)ccc1C. The molecule has 0 unspecified atom stereocenters. The van der Waals surface area contributed by atoms with Crippen molar-refractivity contribution in [1.82, 2.24) is 10.0 Å². The number of hydrogen-bond acceptors (Lipinski definition) is 5. The molecule has 0 heterocycles. The van der Waals surface area contributed by atoms with E-state index in [2.05, 4.69) is 10.0 Å². The normalized spacial score (nSPS) is 11.7. The number of sulfonamides is 1. The van der Waals surface area contributed by atoms with E-state index in [4.69, 9.17) is 9.47 Å². The summed E-state index contributed by atoms with van der Waals surface area (Å²) in [4.78, 5) is 12.3. The second-order valence-corrected chi connectivity index (χ2v) is 7.66. The lowest BCUT2D eigenvalue weighted by molar-refractivity contribution is 0.0778. The minimum absolute atomic E-state index is 0.0692. The van der Waals surface area contributed by atoms with Crippen molar-refractivity contribution in [3.05, 3.63) is 29.3 Å². The average Bonchev–Trinajstić information content (AvgIpc) is 2.54. The van der Waals surface area contributed by atoms with Crippen LogP contribution in [0.3, 0.4) is 0 Å². The van der Waals surface area contributed by atoms with Crippen LogP contribution in [0.1, 0.15) is 36.2 Å². The topological polar surface area (TPSA) is 93.7 Å². The van der Waals surface area contributed by atoms with E-state index in [0.717, 1.165) is 0 Å². The number of ether oxygens (including phenoxy) is 2. The molecule has 0 aliphatic rings. The van der Waals surface area contributed by atoms with Crippen LogP contribution in [0.15, 0.2) is 23.1 Å². The number of hydrogen-bond donors (Lipinski definition) is 2. The van der Waals surface area contributed by atoms with E-state index in [1.54, 1.807) is 20.1 Å². The molecule has 0 radical (unpaired) electrons. The largest absolute Gasteiger partial charge is 0.383 e. The van der Waals surface area contributed by atoms with Crippen molar-refractivity contribution in [1.29, 1.82) is 0 Å². The molecule has 1 amide bonds. The standard InChI is InChI=1S/C17H28N2O5S/c1-13(2)24-10-5-8-19-25(21,22)15-7-6-14(3)16(12-15)17(20)18-9-11-23-4/h6-7,12-13,19H,5,8-11H2,1-4H3,(H,18,20). The summed E-state index contributed by atoms with van der Waals surface area (Å²) >= 11 is 0. The van der Waals surface area contributed by atoms with E-state index in [-0.39, 0.29) is 23.5 Å². The van der Waals surface area contributed by atoms with Crippen molar-refractivity contribution in [2.24, 2.45) is 0 Å². The number of benzene rings is 1. The van der Waals surface area contributed by atoms with Gasteiger partial charge in [-0.1, -0.05) is 6.07 Å². The summed E-state index contributed by atoms with van der Waals surface area (Å²) < 4.78 is 37.5. The van der Waals surface area contributed by atoms with E-state index in [1.165, 1.54) is 12.1 Å². The number of methoxy groups -OCH3 is 1. The molecule has 0 fully saturated rings. The average molecular weight is 372 g/mol. The van der Waals surface area contributed by atoms with Gasteiger partial charge in [0, 0.05) is 32.4 Å². The van der Waals surface area contributed by atoms with Gasteiger partial charge in [-0.05, 0) is 44.9 Å². The van der Waals surface area contributed by atoms with Crippen molar-refractivity contribution in [2.45, 2.75) is 38.2 Å². The quantitative estimate of drug-likeness (QED) is 0.574. The lowest BCUT2D eigenvalue weighted by Crippen LogP contribution is -2.29. The van der Waals surface area contributed by atoms with Gasteiger partial charge >= 0.3 is 0 Å². The highest BCUT2D eigenvalue weighted by Gasteiger charge is 2.17. The fourth-order valence-electron chi connectivity index (χ4n) is 2.06. The molecule has 0 bridgehead atoms. The lowest BCUT2D eigenvalue weighted by Gasteiger charge is -2.11. The van der Waals surface area contributed by atoms with Gasteiger partial charge in [-0.15, -0.1) is 0 Å². The molecule has 0 atom stereocenters. The third-order valence-corrected chi connectivity index (χ3v) is 4.88. The Labute approximate surface area is 150 Å². The van der Waals surface area contributed by atoms with Crippen LogP contribution in [0.2, 0.25) is 0 Å². The lowest BCUT2D eigenvalue weighted by atomic mass is 10.1. The van der Waals surface area contributed by atoms with Gasteiger partial charge in [0.2, 0.25) is 10.0 Å².